The van der Waals surface area contributed by atoms with E-state index in [2.05, 4.69) is 14.6 Å². The van der Waals surface area contributed by atoms with E-state index in [4.69, 9.17) is 0 Å². The predicted molar refractivity (Wildman–Crippen MR) is 51.6 cm³/mol. The fourth-order valence-corrected chi connectivity index (χ4v) is 1.66. The maximum absolute atomic E-state index is 9.86. The zero-order valence-corrected chi connectivity index (χ0v) is 8.31. The molecule has 0 aromatic carbocycles. The van der Waals surface area contributed by atoms with Crippen LogP contribution in [0.3, 0.4) is 0 Å². The van der Waals surface area contributed by atoms with E-state index in [9.17, 15) is 4.21 Å². The van der Waals surface area contributed by atoms with Crippen LogP contribution < -0.4 is 0 Å². The van der Waals surface area contributed by atoms with Gasteiger partial charge in [-0.05, 0) is 0 Å². The molecule has 0 aliphatic carbocycles. The molecule has 1 aromatic rings. The zero-order chi connectivity index (χ0) is 8.65. The largest absolute Gasteiger partial charge is 0.253 e. The molecule has 1 aliphatic rings. The number of hydrogen-bond donors (Lipinski definition) is 0. The standard InChI is InChI=1S/C3H3NS.C2H2N2OS2/c1-2-5-3-4-1;5-6-7-2-1-3-4-7/h1-3H;1-2H. The van der Waals surface area contributed by atoms with Crippen molar-refractivity contribution < 1.29 is 4.21 Å². The molecule has 1 aromatic heterocycles. The third-order valence-corrected chi connectivity index (χ3v) is 3.01. The van der Waals surface area contributed by atoms with Crippen molar-refractivity contribution in [2.75, 3.05) is 0 Å². The lowest BCUT2D eigenvalue weighted by Crippen LogP contribution is -1.63. The van der Waals surface area contributed by atoms with E-state index in [1.807, 2.05) is 5.38 Å². The Balaban J connectivity index is 0.000000127. The summed E-state index contributed by atoms with van der Waals surface area (Å²) in [6, 6.07) is 0. The molecule has 1 atom stereocenters. The molecule has 2 rings (SSSR count). The molecule has 0 amide bonds. The van der Waals surface area contributed by atoms with Gasteiger partial charge in [0.25, 0.3) is 0 Å². The Morgan fingerprint density at radius 1 is 1.50 bits per heavy atom. The summed E-state index contributed by atoms with van der Waals surface area (Å²) < 4.78 is 13.4. The molecule has 1 unspecified atom stereocenters. The van der Waals surface area contributed by atoms with Crippen molar-refractivity contribution in [3.8, 4) is 0 Å². The van der Waals surface area contributed by atoms with E-state index in [0.717, 1.165) is 0 Å². The van der Waals surface area contributed by atoms with Crippen LogP contribution in [0.2, 0.25) is 0 Å². The van der Waals surface area contributed by atoms with Crippen molar-refractivity contribution in [1.29, 1.82) is 0 Å². The van der Waals surface area contributed by atoms with Gasteiger partial charge >= 0.3 is 0 Å². The molecule has 0 radical (unpaired) electrons. The lowest BCUT2D eigenvalue weighted by molar-refractivity contribution is 0.701. The molecule has 12 heavy (non-hydrogen) atoms. The van der Waals surface area contributed by atoms with Gasteiger partial charge in [0.05, 0.1) is 21.4 Å². The van der Waals surface area contributed by atoms with Crippen molar-refractivity contribution in [3.63, 3.8) is 0 Å². The van der Waals surface area contributed by atoms with E-state index in [1.165, 1.54) is 6.20 Å². The lowest BCUT2D eigenvalue weighted by atomic mass is 11.0. The Labute approximate surface area is 78.9 Å². The quantitative estimate of drug-likeness (QED) is 0.667. The van der Waals surface area contributed by atoms with Crippen molar-refractivity contribution in [1.82, 2.24) is 4.98 Å². The van der Waals surface area contributed by atoms with Gasteiger partial charge in [0.1, 0.15) is 10.2 Å². The van der Waals surface area contributed by atoms with Crippen molar-refractivity contribution >= 4 is 31.2 Å². The van der Waals surface area contributed by atoms with Crippen LogP contribution in [0.5, 0.6) is 0 Å². The molecule has 7 heteroatoms. The molecule has 0 saturated heterocycles. The summed E-state index contributed by atoms with van der Waals surface area (Å²) in [7, 11) is -0.0324. The van der Waals surface area contributed by atoms with E-state index >= 15 is 0 Å². The van der Waals surface area contributed by atoms with Gasteiger partial charge < -0.3 is 0 Å². The van der Waals surface area contributed by atoms with Crippen LogP contribution in [0, 0.1) is 0 Å². The number of aromatic nitrogens is 1. The van der Waals surface area contributed by atoms with Gasteiger partial charge in [-0.2, -0.15) is 5.11 Å². The Morgan fingerprint density at radius 2 is 2.42 bits per heavy atom. The second kappa shape index (κ2) is 5.92. The highest BCUT2D eigenvalue weighted by Gasteiger charge is 1.88. The van der Waals surface area contributed by atoms with Gasteiger partial charge in [-0.15, -0.1) is 15.9 Å². The average Bonchev–Trinajstić information content (AvgIpc) is 2.81. The number of hydrogen-bond acceptors (Lipinski definition) is 4. The molecule has 1 aliphatic heterocycles. The summed E-state index contributed by atoms with van der Waals surface area (Å²) in [6.07, 6.45) is 3.30. The first-order valence-corrected chi connectivity index (χ1v) is 6.31. The summed E-state index contributed by atoms with van der Waals surface area (Å²) >= 11 is 1.60. The number of thiazole rings is 1. The maximum atomic E-state index is 9.86. The lowest BCUT2D eigenvalue weighted by Gasteiger charge is -1.67. The predicted octanol–water partition coefficient (Wildman–Crippen LogP) is 1.73. The Kier molecular flexibility index (Phi) is 4.65. The van der Waals surface area contributed by atoms with E-state index < -0.39 is 9.64 Å². The van der Waals surface area contributed by atoms with Crippen LogP contribution >= 0.6 is 11.3 Å². The molecule has 0 saturated carbocycles. The summed E-state index contributed by atoms with van der Waals surface area (Å²) in [5.41, 5.74) is 1.79. The fraction of sp³-hybridized carbons (Fsp3) is 0. The summed E-state index contributed by atoms with van der Waals surface area (Å²) in [5.74, 6) is 0. The zero-order valence-electron chi connectivity index (χ0n) is 5.86. The molecule has 4 nitrogen and oxygen atoms in total. The van der Waals surface area contributed by atoms with Gasteiger partial charge in [-0.25, -0.2) is 4.21 Å². The van der Waals surface area contributed by atoms with Crippen LogP contribution in [0.4, 0.5) is 0 Å². The van der Waals surface area contributed by atoms with E-state index in [1.54, 1.807) is 28.5 Å². The van der Waals surface area contributed by atoms with Gasteiger partial charge in [0.15, 0.2) is 0 Å². The Hall–Kier alpha value is -0.660. The van der Waals surface area contributed by atoms with Gasteiger partial charge in [-0.3, -0.25) is 4.98 Å². The van der Waals surface area contributed by atoms with Crippen molar-refractivity contribution in [3.05, 3.63) is 28.7 Å². The summed E-state index contributed by atoms with van der Waals surface area (Å²) in [5, 5.41) is 7.08. The first-order valence-electron chi connectivity index (χ1n) is 2.86. The van der Waals surface area contributed by atoms with Crippen molar-refractivity contribution in [2.24, 2.45) is 9.63 Å². The molecule has 0 N–H and O–H groups in total. The molecular formula is C5H5N3OS3. The van der Waals surface area contributed by atoms with Gasteiger partial charge in [0.2, 0.25) is 0 Å². The second-order valence-corrected chi connectivity index (χ2v) is 4.81. The molecule has 0 fully saturated rings. The first-order chi connectivity index (χ1) is 5.93. The van der Waals surface area contributed by atoms with Gasteiger partial charge in [0, 0.05) is 17.0 Å². The highest BCUT2D eigenvalue weighted by molar-refractivity contribution is 8.32. The minimum absolute atomic E-state index is 0.463. The number of nitrogens with zero attached hydrogens (tertiary/aromatic N) is 3. The molecular weight excluding hydrogens is 214 g/mol. The van der Waals surface area contributed by atoms with Crippen LogP contribution in [-0.4, -0.2) is 9.19 Å². The fourth-order valence-electron chi connectivity index (χ4n) is 0.392. The van der Waals surface area contributed by atoms with Crippen LogP contribution in [0.15, 0.2) is 38.3 Å². The minimum atomic E-state index is -0.495. The highest BCUT2D eigenvalue weighted by atomic mass is 32.8. The topological polar surface area (TPSA) is 54.7 Å². The second-order valence-electron chi connectivity index (χ2n) is 1.50. The van der Waals surface area contributed by atoms with Crippen LogP contribution in [0.25, 0.3) is 0 Å². The SMILES string of the molecule is O=S=S1C=CN=N1.c1cscn1. The minimum Gasteiger partial charge on any atom is -0.253 e. The van der Waals surface area contributed by atoms with E-state index in [0.29, 0.717) is 10.2 Å². The average molecular weight is 219 g/mol. The Bertz CT molecular complexity index is 294. The molecule has 0 bridgehead atoms. The normalized spacial score (nSPS) is 18.5. The third kappa shape index (κ3) is 3.65. The maximum Gasteiger partial charge on any atom is 0.149 e. The summed E-state index contributed by atoms with van der Waals surface area (Å²) in [4.78, 5) is 3.74. The van der Waals surface area contributed by atoms with Crippen LogP contribution in [0.1, 0.15) is 0 Å². The number of rotatable bonds is 0. The monoisotopic (exact) mass is 219 g/mol. The summed E-state index contributed by atoms with van der Waals surface area (Å²) in [6.45, 7) is 0. The van der Waals surface area contributed by atoms with Crippen molar-refractivity contribution in [2.45, 2.75) is 0 Å². The first kappa shape index (κ1) is 9.43. The highest BCUT2D eigenvalue weighted by Crippen LogP contribution is 1.98. The molecule has 64 valence electrons. The third-order valence-electron chi connectivity index (χ3n) is 0.788. The molecule has 0 spiro atoms. The molecule has 2 heterocycles. The van der Waals surface area contributed by atoms with E-state index in [-0.39, 0.29) is 0 Å². The van der Waals surface area contributed by atoms with Crippen LogP contribution in [-0.2, 0) is 19.9 Å². The Morgan fingerprint density at radius 3 is 2.67 bits per heavy atom. The van der Waals surface area contributed by atoms with Gasteiger partial charge in [-0.1, -0.05) is 0 Å². The smallest absolute Gasteiger partial charge is 0.149 e.